The van der Waals surface area contributed by atoms with Crippen molar-refractivity contribution in [3.63, 3.8) is 0 Å². The van der Waals surface area contributed by atoms with Crippen LogP contribution in [0.1, 0.15) is 77.5 Å². The quantitative estimate of drug-likeness (QED) is 0.531. The van der Waals surface area contributed by atoms with Gasteiger partial charge in [-0.3, -0.25) is 9.59 Å². The van der Waals surface area contributed by atoms with Gasteiger partial charge in [-0.05, 0) is 52.0 Å². The van der Waals surface area contributed by atoms with Crippen molar-refractivity contribution in [2.75, 3.05) is 13.1 Å². The second-order valence-electron chi connectivity index (χ2n) is 9.75. The second kappa shape index (κ2) is 11.3. The molecule has 32 heavy (non-hydrogen) atoms. The number of ether oxygens (including phenoxy) is 1. The summed E-state index contributed by atoms with van der Waals surface area (Å²) in [4.78, 5) is 40.3. The van der Waals surface area contributed by atoms with Crippen LogP contribution in [0.2, 0.25) is 0 Å². The maximum atomic E-state index is 13.3. The van der Waals surface area contributed by atoms with Crippen LogP contribution in [0.25, 0.3) is 0 Å². The van der Waals surface area contributed by atoms with Crippen molar-refractivity contribution >= 4 is 17.9 Å². The zero-order chi connectivity index (χ0) is 23.9. The van der Waals surface area contributed by atoms with Crippen LogP contribution >= 0.6 is 0 Å². The maximum absolute atomic E-state index is 13.3. The lowest BCUT2D eigenvalue weighted by Crippen LogP contribution is -2.49. The van der Waals surface area contributed by atoms with Crippen LogP contribution in [0.5, 0.6) is 0 Å². The number of rotatable bonds is 10. The molecule has 0 bridgehead atoms. The first-order valence-corrected chi connectivity index (χ1v) is 11.7. The molecular weight excluding hydrogens is 406 g/mol. The highest BCUT2D eigenvalue weighted by Gasteiger charge is 2.46. The van der Waals surface area contributed by atoms with E-state index in [9.17, 15) is 14.4 Å². The second-order valence-corrected chi connectivity index (χ2v) is 9.75. The van der Waals surface area contributed by atoms with Crippen LogP contribution in [-0.4, -0.2) is 47.5 Å². The van der Waals surface area contributed by atoms with Gasteiger partial charge in [0.15, 0.2) is 0 Å². The molecule has 3 amide bonds. The minimum Gasteiger partial charge on any atom is -0.444 e. The number of benzene rings is 1. The predicted octanol–water partition coefficient (Wildman–Crippen LogP) is 4.10. The van der Waals surface area contributed by atoms with Crippen molar-refractivity contribution in [3.8, 4) is 0 Å². The average Bonchev–Trinajstić information content (AvgIpc) is 3.41. The summed E-state index contributed by atoms with van der Waals surface area (Å²) in [6.07, 6.45) is 3.20. The summed E-state index contributed by atoms with van der Waals surface area (Å²) in [5, 5.41) is 5.57. The van der Waals surface area contributed by atoms with Crippen molar-refractivity contribution in [1.82, 2.24) is 15.5 Å². The van der Waals surface area contributed by atoms with Crippen LogP contribution in [0.3, 0.4) is 0 Å². The Labute approximate surface area is 192 Å². The van der Waals surface area contributed by atoms with E-state index < -0.39 is 17.7 Å². The molecule has 0 heterocycles. The van der Waals surface area contributed by atoms with Crippen molar-refractivity contribution in [2.45, 2.75) is 84.9 Å². The van der Waals surface area contributed by atoms with E-state index in [2.05, 4.69) is 24.5 Å². The van der Waals surface area contributed by atoms with E-state index in [0.717, 1.165) is 36.8 Å². The van der Waals surface area contributed by atoms with Gasteiger partial charge in [-0.1, -0.05) is 56.5 Å². The fourth-order valence-electron chi connectivity index (χ4n) is 3.73. The van der Waals surface area contributed by atoms with E-state index in [-0.39, 0.29) is 24.4 Å². The Morgan fingerprint density at radius 2 is 1.88 bits per heavy atom. The molecular formula is C25H39N3O4. The summed E-state index contributed by atoms with van der Waals surface area (Å²) in [5.41, 5.74) is 1.15. The Hall–Kier alpha value is -2.57. The summed E-state index contributed by atoms with van der Waals surface area (Å²) in [5.74, 6) is -0.169. The Kier molecular flexibility index (Phi) is 9.10. The SMILES string of the molecule is CCCCCNC(=O)C(c1cccc(C)c1)N(C(=O)CNC(=O)OC(C)(C)C)C1CC1C. The number of amides is 3. The first kappa shape index (κ1) is 25.7. The van der Waals surface area contributed by atoms with Crippen LogP contribution < -0.4 is 10.6 Å². The topological polar surface area (TPSA) is 87.7 Å². The highest BCUT2D eigenvalue weighted by molar-refractivity contribution is 5.91. The molecule has 1 aromatic rings. The van der Waals surface area contributed by atoms with Gasteiger partial charge in [0.2, 0.25) is 11.8 Å². The molecule has 0 aromatic heterocycles. The highest BCUT2D eigenvalue weighted by atomic mass is 16.6. The van der Waals surface area contributed by atoms with Crippen molar-refractivity contribution in [2.24, 2.45) is 5.92 Å². The van der Waals surface area contributed by atoms with Crippen molar-refractivity contribution in [1.29, 1.82) is 0 Å². The van der Waals surface area contributed by atoms with Crippen LogP contribution in [-0.2, 0) is 14.3 Å². The molecule has 0 aliphatic heterocycles. The van der Waals surface area contributed by atoms with Crippen LogP contribution in [0, 0.1) is 12.8 Å². The van der Waals surface area contributed by atoms with Gasteiger partial charge in [0.05, 0.1) is 0 Å². The predicted molar refractivity (Wildman–Crippen MR) is 125 cm³/mol. The van der Waals surface area contributed by atoms with Crippen LogP contribution in [0.4, 0.5) is 4.79 Å². The number of alkyl carbamates (subject to hydrolysis) is 1. The molecule has 2 rings (SSSR count). The number of aryl methyl sites for hydroxylation is 1. The van der Waals surface area contributed by atoms with Crippen molar-refractivity contribution < 1.29 is 19.1 Å². The minimum absolute atomic E-state index is 0.0326. The van der Waals surface area contributed by atoms with E-state index in [0.29, 0.717) is 12.5 Å². The fourth-order valence-corrected chi connectivity index (χ4v) is 3.73. The lowest BCUT2D eigenvalue weighted by molar-refractivity contribution is -0.141. The Morgan fingerprint density at radius 3 is 2.44 bits per heavy atom. The number of hydrogen-bond donors (Lipinski definition) is 2. The zero-order valence-electron chi connectivity index (χ0n) is 20.4. The smallest absolute Gasteiger partial charge is 0.408 e. The number of carbonyl (C=O) groups excluding carboxylic acids is 3. The average molecular weight is 446 g/mol. The molecule has 2 N–H and O–H groups in total. The van der Waals surface area contributed by atoms with Gasteiger partial charge in [-0.2, -0.15) is 0 Å². The molecule has 1 aliphatic rings. The summed E-state index contributed by atoms with van der Waals surface area (Å²) < 4.78 is 5.25. The van der Waals surface area contributed by atoms with E-state index in [1.807, 2.05) is 31.2 Å². The van der Waals surface area contributed by atoms with E-state index in [4.69, 9.17) is 4.74 Å². The molecule has 1 fully saturated rings. The number of nitrogens with one attached hydrogen (secondary N) is 2. The summed E-state index contributed by atoms with van der Waals surface area (Å²) >= 11 is 0. The van der Waals surface area contributed by atoms with Gasteiger partial charge in [-0.15, -0.1) is 0 Å². The lowest BCUT2D eigenvalue weighted by atomic mass is 10.0. The van der Waals surface area contributed by atoms with Gasteiger partial charge in [0.25, 0.3) is 0 Å². The third kappa shape index (κ3) is 7.84. The molecule has 0 spiro atoms. The molecule has 3 atom stereocenters. The largest absolute Gasteiger partial charge is 0.444 e. The normalized spacial score (nSPS) is 18.4. The third-order valence-corrected chi connectivity index (χ3v) is 5.46. The Balaban J connectivity index is 2.23. The third-order valence-electron chi connectivity index (χ3n) is 5.46. The number of hydrogen-bond acceptors (Lipinski definition) is 4. The van der Waals surface area contributed by atoms with E-state index in [1.54, 1.807) is 25.7 Å². The molecule has 7 nitrogen and oxygen atoms in total. The Morgan fingerprint density at radius 1 is 1.19 bits per heavy atom. The zero-order valence-corrected chi connectivity index (χ0v) is 20.4. The van der Waals surface area contributed by atoms with Gasteiger partial charge >= 0.3 is 6.09 Å². The van der Waals surface area contributed by atoms with Gasteiger partial charge < -0.3 is 20.3 Å². The molecule has 1 aromatic carbocycles. The first-order chi connectivity index (χ1) is 15.0. The monoisotopic (exact) mass is 445 g/mol. The maximum Gasteiger partial charge on any atom is 0.408 e. The van der Waals surface area contributed by atoms with Gasteiger partial charge in [0.1, 0.15) is 18.2 Å². The minimum atomic E-state index is -0.737. The van der Waals surface area contributed by atoms with Crippen molar-refractivity contribution in [3.05, 3.63) is 35.4 Å². The molecule has 1 aliphatic carbocycles. The molecule has 7 heteroatoms. The highest BCUT2D eigenvalue weighted by Crippen LogP contribution is 2.40. The molecule has 0 radical (unpaired) electrons. The molecule has 3 unspecified atom stereocenters. The molecule has 178 valence electrons. The molecule has 0 saturated heterocycles. The van der Waals surface area contributed by atoms with Gasteiger partial charge in [0, 0.05) is 12.6 Å². The fraction of sp³-hybridized carbons (Fsp3) is 0.640. The number of unbranched alkanes of at least 4 members (excludes halogenated alkanes) is 2. The van der Waals surface area contributed by atoms with Crippen LogP contribution in [0.15, 0.2) is 24.3 Å². The first-order valence-electron chi connectivity index (χ1n) is 11.7. The van der Waals surface area contributed by atoms with Gasteiger partial charge in [-0.25, -0.2) is 4.79 Å². The Bertz CT molecular complexity index is 803. The van der Waals surface area contributed by atoms with E-state index >= 15 is 0 Å². The van der Waals surface area contributed by atoms with E-state index in [1.165, 1.54) is 0 Å². The molecule has 1 saturated carbocycles. The number of nitrogens with zero attached hydrogens (tertiary/aromatic N) is 1. The summed E-state index contributed by atoms with van der Waals surface area (Å²) in [6, 6.07) is 6.94. The number of carbonyl (C=O) groups is 3. The lowest BCUT2D eigenvalue weighted by Gasteiger charge is -2.32. The standard InChI is InChI=1S/C25H39N3O4/c1-7-8-9-13-26-23(30)22(19-12-10-11-17(2)14-19)28(20-15-18(20)3)21(29)16-27-24(31)32-25(4,5)6/h10-12,14,18,20,22H,7-9,13,15-16H2,1-6H3,(H,26,30)(H,27,31). The summed E-state index contributed by atoms with van der Waals surface area (Å²) in [6.45, 7) is 11.8. The summed E-state index contributed by atoms with van der Waals surface area (Å²) in [7, 11) is 0.